The summed E-state index contributed by atoms with van der Waals surface area (Å²) in [6.07, 6.45) is 6.27. The first-order valence-electron chi connectivity index (χ1n) is 5.29. The Balaban J connectivity index is 2.31. The molecular formula is C11H21NS. The molecule has 3 atom stereocenters. The molecule has 2 fully saturated rings. The summed E-state index contributed by atoms with van der Waals surface area (Å²) in [5.41, 5.74) is 7.25. The largest absolute Gasteiger partial charge is 0.327 e. The second-order valence-corrected chi connectivity index (χ2v) is 6.25. The SMILES string of the molecule is CSCC12CCC(CC1N)C2(C)C. The zero-order valence-electron chi connectivity index (χ0n) is 8.97. The zero-order valence-corrected chi connectivity index (χ0v) is 9.79. The van der Waals surface area contributed by atoms with Crippen molar-refractivity contribution in [2.45, 2.75) is 39.2 Å². The van der Waals surface area contributed by atoms with Gasteiger partial charge < -0.3 is 5.73 Å². The van der Waals surface area contributed by atoms with Gasteiger partial charge >= 0.3 is 0 Å². The van der Waals surface area contributed by atoms with Crippen LogP contribution in [0.5, 0.6) is 0 Å². The van der Waals surface area contributed by atoms with E-state index < -0.39 is 0 Å². The first-order valence-corrected chi connectivity index (χ1v) is 6.68. The lowest BCUT2D eigenvalue weighted by Gasteiger charge is -2.40. The quantitative estimate of drug-likeness (QED) is 0.739. The summed E-state index contributed by atoms with van der Waals surface area (Å²) in [4.78, 5) is 0. The van der Waals surface area contributed by atoms with Gasteiger partial charge in [-0.25, -0.2) is 0 Å². The Morgan fingerprint density at radius 2 is 2.15 bits per heavy atom. The normalized spacial score (nSPS) is 47.1. The minimum atomic E-state index is 0.455. The van der Waals surface area contributed by atoms with Gasteiger partial charge in [-0.2, -0.15) is 11.8 Å². The molecule has 0 aromatic carbocycles. The summed E-state index contributed by atoms with van der Waals surface area (Å²) >= 11 is 1.98. The van der Waals surface area contributed by atoms with Crippen LogP contribution in [0.3, 0.4) is 0 Å². The van der Waals surface area contributed by atoms with E-state index in [1.54, 1.807) is 0 Å². The van der Waals surface area contributed by atoms with Gasteiger partial charge in [-0.3, -0.25) is 0 Å². The van der Waals surface area contributed by atoms with E-state index in [4.69, 9.17) is 5.73 Å². The Morgan fingerprint density at radius 1 is 1.46 bits per heavy atom. The van der Waals surface area contributed by atoms with Crippen molar-refractivity contribution < 1.29 is 0 Å². The number of hydrogen-bond acceptors (Lipinski definition) is 2. The maximum atomic E-state index is 6.30. The van der Waals surface area contributed by atoms with Crippen LogP contribution < -0.4 is 5.73 Å². The molecular weight excluding hydrogens is 178 g/mol. The molecule has 2 aliphatic rings. The highest BCUT2D eigenvalue weighted by Gasteiger charge is 2.62. The predicted octanol–water partition coefficient (Wildman–Crippen LogP) is 2.50. The van der Waals surface area contributed by atoms with Gasteiger partial charge in [0.15, 0.2) is 0 Å². The van der Waals surface area contributed by atoms with Crippen LogP contribution in [-0.2, 0) is 0 Å². The maximum Gasteiger partial charge on any atom is 0.0111 e. The number of hydrogen-bond donors (Lipinski definition) is 1. The second-order valence-electron chi connectivity index (χ2n) is 5.39. The Morgan fingerprint density at radius 3 is 2.54 bits per heavy atom. The van der Waals surface area contributed by atoms with Gasteiger partial charge in [0, 0.05) is 11.8 Å². The molecule has 0 radical (unpaired) electrons. The van der Waals surface area contributed by atoms with Crippen molar-refractivity contribution >= 4 is 11.8 Å². The molecule has 0 aliphatic heterocycles. The van der Waals surface area contributed by atoms with E-state index in [2.05, 4.69) is 20.1 Å². The van der Waals surface area contributed by atoms with Crippen molar-refractivity contribution in [1.29, 1.82) is 0 Å². The van der Waals surface area contributed by atoms with Gasteiger partial charge in [0.2, 0.25) is 0 Å². The topological polar surface area (TPSA) is 26.0 Å². The van der Waals surface area contributed by atoms with E-state index in [9.17, 15) is 0 Å². The zero-order chi connectivity index (χ0) is 9.69. The smallest absolute Gasteiger partial charge is 0.0111 e. The average Bonchev–Trinajstić information content (AvgIpc) is 2.38. The van der Waals surface area contributed by atoms with E-state index in [0.717, 1.165) is 5.92 Å². The molecule has 2 rings (SSSR count). The number of fused-ring (bicyclic) bond motifs is 2. The first kappa shape index (κ1) is 9.85. The molecule has 0 spiro atoms. The number of nitrogens with two attached hydrogens (primary N) is 1. The van der Waals surface area contributed by atoms with E-state index in [-0.39, 0.29) is 0 Å². The Hall–Kier alpha value is 0.310. The third-order valence-electron chi connectivity index (χ3n) is 4.89. The van der Waals surface area contributed by atoms with Crippen LogP contribution in [-0.4, -0.2) is 18.1 Å². The fraction of sp³-hybridized carbons (Fsp3) is 1.00. The lowest BCUT2D eigenvalue weighted by molar-refractivity contribution is 0.142. The van der Waals surface area contributed by atoms with Gasteiger partial charge in [-0.05, 0) is 42.3 Å². The van der Waals surface area contributed by atoms with Crippen molar-refractivity contribution in [3.8, 4) is 0 Å². The molecule has 1 nitrogen and oxygen atoms in total. The van der Waals surface area contributed by atoms with Gasteiger partial charge in [0.1, 0.15) is 0 Å². The van der Waals surface area contributed by atoms with E-state index in [1.165, 1.54) is 25.0 Å². The third-order valence-corrected chi connectivity index (χ3v) is 5.70. The average molecular weight is 199 g/mol. The highest BCUT2D eigenvalue weighted by molar-refractivity contribution is 7.98. The van der Waals surface area contributed by atoms with Crippen LogP contribution in [0.4, 0.5) is 0 Å². The minimum absolute atomic E-state index is 0.455. The maximum absolute atomic E-state index is 6.30. The van der Waals surface area contributed by atoms with E-state index in [0.29, 0.717) is 16.9 Å². The summed E-state index contributed by atoms with van der Waals surface area (Å²) in [7, 11) is 0. The van der Waals surface area contributed by atoms with Crippen LogP contribution in [0, 0.1) is 16.7 Å². The lowest BCUT2D eigenvalue weighted by atomic mass is 9.69. The van der Waals surface area contributed by atoms with Crippen LogP contribution in [0.15, 0.2) is 0 Å². The molecule has 2 aliphatic carbocycles. The monoisotopic (exact) mass is 199 g/mol. The minimum Gasteiger partial charge on any atom is -0.327 e. The standard InChI is InChI=1S/C11H21NS/c1-10(2)8-4-5-11(10,7-13-3)9(12)6-8/h8-9H,4-7,12H2,1-3H3. The molecule has 2 saturated carbocycles. The highest BCUT2D eigenvalue weighted by atomic mass is 32.2. The summed E-state index contributed by atoms with van der Waals surface area (Å²) in [6.45, 7) is 4.88. The summed E-state index contributed by atoms with van der Waals surface area (Å²) in [5, 5.41) is 0. The highest BCUT2D eigenvalue weighted by Crippen LogP contribution is 2.65. The van der Waals surface area contributed by atoms with Gasteiger partial charge in [-0.1, -0.05) is 13.8 Å². The van der Waals surface area contributed by atoms with Crippen LogP contribution >= 0.6 is 11.8 Å². The summed E-state index contributed by atoms with van der Waals surface area (Å²) < 4.78 is 0. The van der Waals surface area contributed by atoms with Crippen molar-refractivity contribution in [1.82, 2.24) is 0 Å². The molecule has 0 saturated heterocycles. The number of rotatable bonds is 2. The van der Waals surface area contributed by atoms with Crippen molar-refractivity contribution in [3.63, 3.8) is 0 Å². The van der Waals surface area contributed by atoms with Crippen molar-refractivity contribution in [3.05, 3.63) is 0 Å². The molecule has 2 N–H and O–H groups in total. The summed E-state index contributed by atoms with van der Waals surface area (Å²) in [5.74, 6) is 2.16. The van der Waals surface area contributed by atoms with E-state index >= 15 is 0 Å². The first-order chi connectivity index (χ1) is 6.04. The summed E-state index contributed by atoms with van der Waals surface area (Å²) in [6, 6.07) is 0.466. The predicted molar refractivity (Wildman–Crippen MR) is 59.9 cm³/mol. The molecule has 0 heterocycles. The molecule has 0 amide bonds. The van der Waals surface area contributed by atoms with Crippen LogP contribution in [0.2, 0.25) is 0 Å². The Labute approximate surface area is 85.8 Å². The molecule has 2 bridgehead atoms. The van der Waals surface area contributed by atoms with Crippen LogP contribution in [0.1, 0.15) is 33.1 Å². The van der Waals surface area contributed by atoms with Crippen LogP contribution in [0.25, 0.3) is 0 Å². The molecule has 0 aromatic rings. The van der Waals surface area contributed by atoms with Gasteiger partial charge in [-0.15, -0.1) is 0 Å². The fourth-order valence-electron chi connectivity index (χ4n) is 3.75. The Kier molecular flexibility index (Phi) is 2.20. The molecule has 3 unspecified atom stereocenters. The Bertz CT molecular complexity index is 214. The molecule has 0 aromatic heterocycles. The second kappa shape index (κ2) is 2.90. The van der Waals surface area contributed by atoms with Gasteiger partial charge in [0.25, 0.3) is 0 Å². The lowest BCUT2D eigenvalue weighted by Crippen LogP contribution is -2.45. The van der Waals surface area contributed by atoms with Crippen molar-refractivity contribution in [2.24, 2.45) is 22.5 Å². The van der Waals surface area contributed by atoms with Crippen molar-refractivity contribution in [2.75, 3.05) is 12.0 Å². The molecule has 2 heteroatoms. The van der Waals surface area contributed by atoms with Gasteiger partial charge in [0.05, 0.1) is 0 Å². The molecule has 76 valence electrons. The fourth-order valence-corrected chi connectivity index (χ4v) is 5.00. The molecule has 13 heavy (non-hydrogen) atoms. The van der Waals surface area contributed by atoms with E-state index in [1.807, 2.05) is 11.8 Å². The third kappa shape index (κ3) is 1.05. The number of thioether (sulfide) groups is 1.